The lowest BCUT2D eigenvalue weighted by molar-refractivity contribution is -0.135. The molecule has 0 fully saturated rings. The Morgan fingerprint density at radius 3 is 2.50 bits per heavy atom. The molecule has 3 aromatic rings. The van der Waals surface area contributed by atoms with Gasteiger partial charge in [-0.05, 0) is 81.1 Å². The van der Waals surface area contributed by atoms with Crippen LogP contribution < -0.4 is 10.1 Å². The van der Waals surface area contributed by atoms with Crippen molar-refractivity contribution in [3.63, 3.8) is 0 Å². The molecule has 0 spiro atoms. The third kappa shape index (κ3) is 6.30. The lowest BCUT2D eigenvalue weighted by atomic mass is 9.85. The van der Waals surface area contributed by atoms with Crippen molar-refractivity contribution in [3.8, 4) is 5.88 Å². The molecular formula is C26H28ClFN2O2. The van der Waals surface area contributed by atoms with Crippen LogP contribution in [0.15, 0.2) is 66.9 Å². The van der Waals surface area contributed by atoms with E-state index in [0.29, 0.717) is 17.3 Å². The van der Waals surface area contributed by atoms with Gasteiger partial charge in [0.15, 0.2) is 5.60 Å². The molecule has 1 N–H and O–H groups in total. The van der Waals surface area contributed by atoms with Crippen LogP contribution in [-0.4, -0.2) is 22.5 Å². The fourth-order valence-electron chi connectivity index (χ4n) is 3.63. The Kier molecular flexibility index (Phi) is 7.52. The zero-order valence-corrected chi connectivity index (χ0v) is 19.5. The molecule has 4 nitrogen and oxygen atoms in total. The number of benzene rings is 2. The Bertz CT molecular complexity index is 1030. The van der Waals surface area contributed by atoms with Gasteiger partial charge in [-0.15, -0.1) is 0 Å². The Balaban J connectivity index is 1.83. The first-order valence-electron chi connectivity index (χ1n) is 10.6. The number of amides is 1. The third-order valence-electron chi connectivity index (χ3n) is 5.37. The highest BCUT2D eigenvalue weighted by Crippen LogP contribution is 2.28. The lowest BCUT2D eigenvalue weighted by Gasteiger charge is -2.30. The van der Waals surface area contributed by atoms with Crippen LogP contribution in [0.25, 0.3) is 0 Å². The van der Waals surface area contributed by atoms with Gasteiger partial charge >= 0.3 is 0 Å². The van der Waals surface area contributed by atoms with E-state index in [1.54, 1.807) is 38.2 Å². The number of aryl methyl sites for hydroxylation is 1. The predicted molar refractivity (Wildman–Crippen MR) is 126 cm³/mol. The smallest absolute Gasteiger partial charge is 0.263 e. The number of ether oxygens (including phenoxy) is 1. The number of hydrogen-bond donors (Lipinski definition) is 1. The molecule has 168 valence electrons. The normalized spacial score (nSPS) is 13.3. The standard InChI is InChI=1S/C26H28ClFN2O2/c1-17-13-20(16-22(28)14-17)23(15-19-8-10-21(27)11-9-19)18(2)30-25(31)26(3,4)32-24-7-5-6-12-29-24/h5-14,16,18,23H,15H2,1-4H3,(H,30,31). The van der Waals surface area contributed by atoms with Crippen LogP contribution in [-0.2, 0) is 11.2 Å². The molecule has 1 heterocycles. The minimum atomic E-state index is -1.13. The van der Waals surface area contributed by atoms with Crippen molar-refractivity contribution in [2.75, 3.05) is 0 Å². The van der Waals surface area contributed by atoms with Gasteiger partial charge in [0.2, 0.25) is 5.88 Å². The van der Waals surface area contributed by atoms with Crippen molar-refractivity contribution in [2.24, 2.45) is 0 Å². The topological polar surface area (TPSA) is 51.2 Å². The van der Waals surface area contributed by atoms with Crippen LogP contribution >= 0.6 is 11.6 Å². The number of hydrogen-bond acceptors (Lipinski definition) is 3. The molecular weight excluding hydrogens is 427 g/mol. The molecule has 3 rings (SSSR count). The molecule has 32 heavy (non-hydrogen) atoms. The van der Waals surface area contributed by atoms with Gasteiger partial charge in [0.25, 0.3) is 5.91 Å². The number of carbonyl (C=O) groups excluding carboxylic acids is 1. The zero-order chi connectivity index (χ0) is 23.3. The highest BCUT2D eigenvalue weighted by atomic mass is 35.5. The third-order valence-corrected chi connectivity index (χ3v) is 5.62. The number of aromatic nitrogens is 1. The van der Waals surface area contributed by atoms with Gasteiger partial charge in [0, 0.05) is 29.2 Å². The van der Waals surface area contributed by atoms with Crippen molar-refractivity contribution in [1.29, 1.82) is 0 Å². The van der Waals surface area contributed by atoms with Crippen LogP contribution in [0.2, 0.25) is 5.02 Å². The zero-order valence-electron chi connectivity index (χ0n) is 18.7. The van der Waals surface area contributed by atoms with Gasteiger partial charge < -0.3 is 10.1 Å². The number of rotatable bonds is 8. The minimum absolute atomic E-state index is 0.153. The molecule has 0 radical (unpaired) electrons. The molecule has 0 aliphatic heterocycles. The molecule has 0 aliphatic carbocycles. The maximum atomic E-state index is 14.2. The van der Waals surface area contributed by atoms with Crippen molar-refractivity contribution in [1.82, 2.24) is 10.3 Å². The second-order valence-electron chi connectivity index (χ2n) is 8.54. The van der Waals surface area contributed by atoms with E-state index in [4.69, 9.17) is 16.3 Å². The summed E-state index contributed by atoms with van der Waals surface area (Å²) in [6.07, 6.45) is 2.23. The minimum Gasteiger partial charge on any atom is -0.462 e. The summed E-state index contributed by atoms with van der Waals surface area (Å²) in [5.41, 5.74) is 1.57. The summed E-state index contributed by atoms with van der Waals surface area (Å²) in [7, 11) is 0. The molecule has 1 amide bonds. The maximum absolute atomic E-state index is 14.2. The van der Waals surface area contributed by atoms with Crippen LogP contribution in [0.1, 0.15) is 43.4 Å². The largest absolute Gasteiger partial charge is 0.462 e. The monoisotopic (exact) mass is 454 g/mol. The number of carbonyl (C=O) groups is 1. The van der Waals surface area contributed by atoms with Gasteiger partial charge in [-0.2, -0.15) is 0 Å². The number of nitrogens with one attached hydrogen (secondary N) is 1. The van der Waals surface area contributed by atoms with Gasteiger partial charge in [-0.3, -0.25) is 4.79 Å². The SMILES string of the molecule is Cc1cc(F)cc(C(Cc2ccc(Cl)cc2)C(C)NC(=O)C(C)(C)Oc2ccccn2)c1. The Morgan fingerprint density at radius 1 is 1.16 bits per heavy atom. The summed E-state index contributed by atoms with van der Waals surface area (Å²) in [6.45, 7) is 7.18. The summed E-state index contributed by atoms with van der Waals surface area (Å²) >= 11 is 6.03. The van der Waals surface area contributed by atoms with E-state index in [1.165, 1.54) is 12.1 Å². The van der Waals surface area contributed by atoms with E-state index >= 15 is 0 Å². The highest BCUT2D eigenvalue weighted by Gasteiger charge is 2.33. The lowest BCUT2D eigenvalue weighted by Crippen LogP contribution is -2.51. The van der Waals surface area contributed by atoms with E-state index in [1.807, 2.05) is 44.2 Å². The number of nitrogens with zero attached hydrogens (tertiary/aromatic N) is 1. The average molecular weight is 455 g/mol. The summed E-state index contributed by atoms with van der Waals surface area (Å²) in [6, 6.07) is 17.5. The second-order valence-corrected chi connectivity index (χ2v) is 8.98. The van der Waals surface area contributed by atoms with E-state index < -0.39 is 5.60 Å². The van der Waals surface area contributed by atoms with Gasteiger partial charge in [0.1, 0.15) is 5.82 Å². The molecule has 0 aliphatic rings. The number of halogens is 2. The molecule has 1 aromatic heterocycles. The summed E-state index contributed by atoms with van der Waals surface area (Å²) in [4.78, 5) is 17.2. The van der Waals surface area contributed by atoms with Crippen LogP contribution in [0, 0.1) is 12.7 Å². The Labute approximate surface area is 193 Å². The first-order valence-corrected chi connectivity index (χ1v) is 10.9. The van der Waals surface area contributed by atoms with Crippen molar-refractivity contribution >= 4 is 17.5 Å². The quantitative estimate of drug-likeness (QED) is 0.463. The van der Waals surface area contributed by atoms with Crippen LogP contribution in [0.5, 0.6) is 5.88 Å². The Morgan fingerprint density at radius 2 is 1.88 bits per heavy atom. The molecule has 0 saturated heterocycles. The predicted octanol–water partition coefficient (Wildman–Crippen LogP) is 5.87. The maximum Gasteiger partial charge on any atom is 0.263 e. The van der Waals surface area contributed by atoms with Crippen molar-refractivity contribution in [3.05, 3.63) is 94.4 Å². The van der Waals surface area contributed by atoms with Gasteiger partial charge in [0.05, 0.1) is 0 Å². The number of pyridine rings is 1. The summed E-state index contributed by atoms with van der Waals surface area (Å²) in [5, 5.41) is 3.72. The van der Waals surface area contributed by atoms with E-state index in [-0.39, 0.29) is 23.7 Å². The molecule has 2 unspecified atom stereocenters. The van der Waals surface area contributed by atoms with Gasteiger partial charge in [-0.1, -0.05) is 35.9 Å². The summed E-state index contributed by atoms with van der Waals surface area (Å²) < 4.78 is 20.0. The molecule has 2 aromatic carbocycles. The first kappa shape index (κ1) is 23.7. The fraction of sp³-hybridized carbons (Fsp3) is 0.308. The Hall–Kier alpha value is -2.92. The van der Waals surface area contributed by atoms with Crippen molar-refractivity contribution in [2.45, 2.75) is 51.7 Å². The molecule has 6 heteroatoms. The second kappa shape index (κ2) is 10.1. The fourth-order valence-corrected chi connectivity index (χ4v) is 3.76. The van der Waals surface area contributed by atoms with Gasteiger partial charge in [-0.25, -0.2) is 9.37 Å². The van der Waals surface area contributed by atoms with E-state index in [2.05, 4.69) is 10.3 Å². The molecule has 2 atom stereocenters. The van der Waals surface area contributed by atoms with E-state index in [0.717, 1.165) is 16.7 Å². The summed E-state index contributed by atoms with van der Waals surface area (Å²) in [5.74, 6) is -0.345. The molecule has 0 bridgehead atoms. The first-order chi connectivity index (χ1) is 15.1. The average Bonchev–Trinajstić information content (AvgIpc) is 2.72. The van der Waals surface area contributed by atoms with Crippen LogP contribution in [0.4, 0.5) is 4.39 Å². The van der Waals surface area contributed by atoms with E-state index in [9.17, 15) is 9.18 Å². The van der Waals surface area contributed by atoms with Crippen molar-refractivity contribution < 1.29 is 13.9 Å². The highest BCUT2D eigenvalue weighted by molar-refractivity contribution is 6.30. The molecule has 0 saturated carbocycles. The van der Waals surface area contributed by atoms with Crippen LogP contribution in [0.3, 0.4) is 0 Å².